The minimum Gasteiger partial charge on any atom is -0.329 e. The number of H-pyrrole nitrogens is 1. The lowest BCUT2D eigenvalue weighted by Gasteiger charge is -2.14. The molecule has 3 rings (SSSR count). The van der Waals surface area contributed by atoms with Gasteiger partial charge in [0.05, 0.1) is 11.6 Å². The molecular formula is C14H11Br2N3S. The summed E-state index contributed by atoms with van der Waals surface area (Å²) in [6.45, 7) is 2.12. The van der Waals surface area contributed by atoms with E-state index in [2.05, 4.69) is 60.9 Å². The highest BCUT2D eigenvalue weighted by atomic mass is 79.9. The third-order valence-electron chi connectivity index (χ3n) is 3.24. The van der Waals surface area contributed by atoms with Gasteiger partial charge in [-0.15, -0.1) is 0 Å². The number of halogens is 2. The first-order valence-corrected chi connectivity index (χ1v) is 8.07. The number of pyridine rings is 1. The van der Waals surface area contributed by atoms with E-state index in [9.17, 15) is 0 Å². The Morgan fingerprint density at radius 3 is 2.80 bits per heavy atom. The minimum absolute atomic E-state index is 0.113. The molecule has 0 spiro atoms. The van der Waals surface area contributed by atoms with Crippen LogP contribution < -0.4 is 0 Å². The zero-order chi connectivity index (χ0) is 14.3. The Hall–Kier alpha value is -0.980. The number of hydrogen-bond acceptors (Lipinski definition) is 2. The van der Waals surface area contributed by atoms with Crippen LogP contribution >= 0.6 is 44.1 Å². The molecular weight excluding hydrogens is 402 g/mol. The normalized spacial score (nSPS) is 12.8. The summed E-state index contributed by atoms with van der Waals surface area (Å²) in [6.07, 6.45) is 1.79. The van der Waals surface area contributed by atoms with Gasteiger partial charge >= 0.3 is 0 Å². The number of benzene rings is 1. The second-order valence-corrected chi connectivity index (χ2v) is 6.77. The van der Waals surface area contributed by atoms with Crippen LogP contribution in [0.15, 0.2) is 45.5 Å². The van der Waals surface area contributed by atoms with Gasteiger partial charge in [-0.05, 0) is 58.8 Å². The van der Waals surface area contributed by atoms with Crippen molar-refractivity contribution in [3.8, 4) is 0 Å². The molecule has 3 nitrogen and oxygen atoms in total. The maximum atomic E-state index is 5.45. The van der Waals surface area contributed by atoms with E-state index >= 15 is 0 Å². The first-order valence-electron chi connectivity index (χ1n) is 6.07. The Morgan fingerprint density at radius 2 is 2.05 bits per heavy atom. The van der Waals surface area contributed by atoms with E-state index in [1.165, 1.54) is 5.56 Å². The molecule has 0 bridgehead atoms. The molecule has 3 aromatic rings. The fourth-order valence-corrected chi connectivity index (χ4v) is 3.37. The fraction of sp³-hybridized carbons (Fsp3) is 0.143. The Balaban J connectivity index is 2.19. The molecule has 0 saturated heterocycles. The highest BCUT2D eigenvalue weighted by Gasteiger charge is 2.14. The van der Waals surface area contributed by atoms with Crippen LogP contribution in [-0.2, 0) is 0 Å². The van der Waals surface area contributed by atoms with E-state index < -0.39 is 0 Å². The van der Waals surface area contributed by atoms with Gasteiger partial charge in [0, 0.05) is 15.1 Å². The zero-order valence-corrected chi connectivity index (χ0v) is 14.6. The van der Waals surface area contributed by atoms with Gasteiger partial charge in [0.25, 0.3) is 0 Å². The quantitative estimate of drug-likeness (QED) is 0.584. The Labute approximate surface area is 138 Å². The van der Waals surface area contributed by atoms with Crippen molar-refractivity contribution in [2.24, 2.45) is 0 Å². The summed E-state index contributed by atoms with van der Waals surface area (Å²) >= 11 is 12.4. The lowest BCUT2D eigenvalue weighted by Crippen LogP contribution is -2.07. The van der Waals surface area contributed by atoms with Crippen LogP contribution in [0.4, 0.5) is 0 Å². The number of aromatic amines is 1. The number of rotatable bonds is 2. The molecule has 1 N–H and O–H groups in total. The summed E-state index contributed by atoms with van der Waals surface area (Å²) in [5.41, 5.74) is 2.98. The van der Waals surface area contributed by atoms with Crippen molar-refractivity contribution in [2.75, 3.05) is 0 Å². The molecule has 2 heterocycles. The molecule has 1 unspecified atom stereocenters. The summed E-state index contributed by atoms with van der Waals surface area (Å²) in [6, 6.07) is 10.3. The molecule has 2 aromatic heterocycles. The highest BCUT2D eigenvalue weighted by Crippen LogP contribution is 2.26. The van der Waals surface area contributed by atoms with E-state index in [1.807, 2.05) is 22.8 Å². The first-order chi connectivity index (χ1) is 9.56. The van der Waals surface area contributed by atoms with E-state index in [-0.39, 0.29) is 6.04 Å². The highest BCUT2D eigenvalue weighted by molar-refractivity contribution is 9.10. The van der Waals surface area contributed by atoms with E-state index in [0.29, 0.717) is 4.77 Å². The van der Waals surface area contributed by atoms with E-state index in [4.69, 9.17) is 12.2 Å². The topological polar surface area (TPSA) is 33.6 Å². The molecule has 0 radical (unpaired) electrons. The average molecular weight is 413 g/mol. The summed E-state index contributed by atoms with van der Waals surface area (Å²) < 4.78 is 4.71. The van der Waals surface area contributed by atoms with Crippen LogP contribution in [0.5, 0.6) is 0 Å². The summed E-state index contributed by atoms with van der Waals surface area (Å²) in [7, 11) is 0. The molecule has 0 amide bonds. The van der Waals surface area contributed by atoms with Gasteiger partial charge in [-0.2, -0.15) is 0 Å². The van der Waals surface area contributed by atoms with Crippen LogP contribution in [0.3, 0.4) is 0 Å². The number of aromatic nitrogens is 3. The maximum Gasteiger partial charge on any atom is 0.179 e. The Bertz CT molecular complexity index is 838. The van der Waals surface area contributed by atoms with E-state index in [1.54, 1.807) is 6.20 Å². The van der Waals surface area contributed by atoms with Crippen molar-refractivity contribution < 1.29 is 0 Å². The molecule has 0 saturated carbocycles. The van der Waals surface area contributed by atoms with Gasteiger partial charge in [-0.3, -0.25) is 4.57 Å². The molecule has 0 fully saturated rings. The lowest BCUT2D eigenvalue weighted by molar-refractivity contribution is 0.643. The van der Waals surface area contributed by atoms with Crippen molar-refractivity contribution in [3.05, 3.63) is 55.8 Å². The standard InChI is InChI=1S/C14H11Br2N3S/c1-8(9-3-2-4-10(15)5-9)19-13-12(18-14(19)20)6-11(16)7-17-13/h2-8H,1H3,(H,18,20). The molecule has 6 heteroatoms. The largest absolute Gasteiger partial charge is 0.329 e. The fourth-order valence-electron chi connectivity index (χ4n) is 2.26. The van der Waals surface area contributed by atoms with Crippen molar-refractivity contribution in [1.29, 1.82) is 0 Å². The minimum atomic E-state index is 0.113. The van der Waals surface area contributed by atoms with Crippen molar-refractivity contribution in [1.82, 2.24) is 14.5 Å². The van der Waals surface area contributed by atoms with Crippen LogP contribution in [0.2, 0.25) is 0 Å². The molecule has 0 aliphatic carbocycles. The summed E-state index contributed by atoms with van der Waals surface area (Å²) in [4.78, 5) is 7.68. The van der Waals surface area contributed by atoms with Gasteiger partial charge < -0.3 is 4.98 Å². The van der Waals surface area contributed by atoms with Crippen LogP contribution in [-0.4, -0.2) is 14.5 Å². The monoisotopic (exact) mass is 411 g/mol. The van der Waals surface area contributed by atoms with Crippen molar-refractivity contribution in [3.63, 3.8) is 0 Å². The zero-order valence-electron chi connectivity index (χ0n) is 10.6. The molecule has 0 aliphatic rings. The van der Waals surface area contributed by atoms with Crippen LogP contribution in [0, 0.1) is 4.77 Å². The Morgan fingerprint density at radius 1 is 1.25 bits per heavy atom. The molecule has 20 heavy (non-hydrogen) atoms. The van der Waals surface area contributed by atoms with Crippen molar-refractivity contribution >= 4 is 55.2 Å². The lowest BCUT2D eigenvalue weighted by atomic mass is 10.1. The second-order valence-electron chi connectivity index (χ2n) is 4.56. The smallest absolute Gasteiger partial charge is 0.179 e. The number of nitrogens with zero attached hydrogens (tertiary/aromatic N) is 2. The number of hydrogen-bond donors (Lipinski definition) is 1. The molecule has 1 atom stereocenters. The average Bonchev–Trinajstić information content (AvgIpc) is 2.73. The second kappa shape index (κ2) is 5.42. The van der Waals surface area contributed by atoms with E-state index in [0.717, 1.165) is 20.1 Å². The van der Waals surface area contributed by atoms with Gasteiger partial charge in [-0.1, -0.05) is 28.1 Å². The number of fused-ring (bicyclic) bond motifs is 1. The molecule has 0 aliphatic heterocycles. The number of nitrogens with one attached hydrogen (secondary N) is 1. The molecule has 102 valence electrons. The predicted molar refractivity (Wildman–Crippen MR) is 90.6 cm³/mol. The van der Waals surface area contributed by atoms with Crippen LogP contribution in [0.25, 0.3) is 11.2 Å². The van der Waals surface area contributed by atoms with Gasteiger partial charge in [-0.25, -0.2) is 4.98 Å². The number of imidazole rings is 1. The maximum absolute atomic E-state index is 5.45. The van der Waals surface area contributed by atoms with Gasteiger partial charge in [0.2, 0.25) is 0 Å². The van der Waals surface area contributed by atoms with Crippen molar-refractivity contribution in [2.45, 2.75) is 13.0 Å². The summed E-state index contributed by atoms with van der Waals surface area (Å²) in [5, 5.41) is 0. The third-order valence-corrected chi connectivity index (χ3v) is 4.47. The summed E-state index contributed by atoms with van der Waals surface area (Å²) in [5.74, 6) is 0. The molecule has 1 aromatic carbocycles. The SMILES string of the molecule is CC(c1cccc(Br)c1)n1c(=S)[nH]c2cc(Br)cnc21. The first kappa shape index (κ1) is 14.0. The predicted octanol–water partition coefficient (Wildman–Crippen LogP) is 5.23. The Kier molecular flexibility index (Phi) is 3.79. The third kappa shape index (κ3) is 2.47. The van der Waals surface area contributed by atoms with Gasteiger partial charge in [0.15, 0.2) is 10.4 Å². The van der Waals surface area contributed by atoms with Crippen LogP contribution in [0.1, 0.15) is 18.5 Å². The van der Waals surface area contributed by atoms with Gasteiger partial charge in [0.1, 0.15) is 0 Å².